The first-order chi connectivity index (χ1) is 17.7. The lowest BCUT2D eigenvalue weighted by Crippen LogP contribution is -1.94. The standard InChI is InChI=1S/C30H19N3O3/c34-19-22-7-6-16-31-30(22)21-13-15-28-26(18-21)25-17-20(24-10-4-5-11-29(24)33(35)36)12-14-27(25)32(28)23-8-2-1-3-9-23/h1-19H. The number of benzene rings is 4. The Morgan fingerprint density at radius 2 is 1.42 bits per heavy atom. The van der Waals surface area contributed by atoms with Crippen molar-refractivity contribution in [1.29, 1.82) is 0 Å². The lowest BCUT2D eigenvalue weighted by atomic mass is 10.00. The number of carbonyl (C=O) groups excluding carboxylic acids is 1. The Hall–Kier alpha value is -5.10. The Balaban J connectivity index is 1.67. The number of nitro groups is 1. The number of para-hydroxylation sites is 2. The van der Waals surface area contributed by atoms with Crippen molar-refractivity contribution in [2.45, 2.75) is 0 Å². The van der Waals surface area contributed by atoms with E-state index in [9.17, 15) is 14.9 Å². The number of carbonyl (C=O) groups is 1. The SMILES string of the molecule is O=Cc1cccnc1-c1ccc2c(c1)c1cc(-c3ccccc3[N+](=O)[O-])ccc1n2-c1ccccc1. The molecule has 0 atom stereocenters. The third-order valence-electron chi connectivity index (χ3n) is 6.43. The summed E-state index contributed by atoms with van der Waals surface area (Å²) in [6.45, 7) is 0. The van der Waals surface area contributed by atoms with Crippen molar-refractivity contribution in [1.82, 2.24) is 9.55 Å². The number of nitrogens with zero attached hydrogens (tertiary/aromatic N) is 3. The summed E-state index contributed by atoms with van der Waals surface area (Å²) in [4.78, 5) is 27.4. The number of aromatic nitrogens is 2. The lowest BCUT2D eigenvalue weighted by Gasteiger charge is -2.09. The summed E-state index contributed by atoms with van der Waals surface area (Å²) in [5.41, 5.74) is 6.33. The van der Waals surface area contributed by atoms with Crippen molar-refractivity contribution in [3.05, 3.63) is 125 Å². The molecule has 0 saturated carbocycles. The Labute approximate surface area is 206 Å². The predicted octanol–water partition coefficient (Wildman–Crippen LogP) is 7.23. The summed E-state index contributed by atoms with van der Waals surface area (Å²) < 4.78 is 2.18. The van der Waals surface area contributed by atoms with Crippen molar-refractivity contribution in [2.24, 2.45) is 0 Å². The fourth-order valence-electron chi connectivity index (χ4n) is 4.82. The van der Waals surface area contributed by atoms with Crippen molar-refractivity contribution in [3.63, 3.8) is 0 Å². The first-order valence-electron chi connectivity index (χ1n) is 11.4. The first-order valence-corrected chi connectivity index (χ1v) is 11.4. The number of rotatable bonds is 5. The molecule has 172 valence electrons. The zero-order valence-corrected chi connectivity index (χ0v) is 19.0. The van der Waals surface area contributed by atoms with Crippen LogP contribution in [-0.4, -0.2) is 20.8 Å². The van der Waals surface area contributed by atoms with Crippen LogP contribution in [0.4, 0.5) is 5.69 Å². The molecular formula is C30H19N3O3. The summed E-state index contributed by atoms with van der Waals surface area (Å²) in [5.74, 6) is 0. The zero-order valence-electron chi connectivity index (χ0n) is 19.0. The van der Waals surface area contributed by atoms with Gasteiger partial charge in [0.25, 0.3) is 5.69 Å². The van der Waals surface area contributed by atoms with Gasteiger partial charge in [-0.05, 0) is 60.2 Å². The van der Waals surface area contributed by atoms with Gasteiger partial charge in [-0.1, -0.05) is 42.5 Å². The molecule has 6 aromatic rings. The van der Waals surface area contributed by atoms with Crippen LogP contribution in [0.15, 0.2) is 109 Å². The largest absolute Gasteiger partial charge is 0.309 e. The third kappa shape index (κ3) is 3.44. The molecule has 0 radical (unpaired) electrons. The molecule has 0 aliphatic carbocycles. The normalized spacial score (nSPS) is 11.1. The fraction of sp³-hybridized carbons (Fsp3) is 0. The number of aldehydes is 1. The quantitative estimate of drug-likeness (QED) is 0.152. The van der Waals surface area contributed by atoms with Crippen LogP contribution in [0.1, 0.15) is 10.4 Å². The smallest absolute Gasteiger partial charge is 0.277 e. The van der Waals surface area contributed by atoms with Crippen molar-refractivity contribution in [3.8, 4) is 28.1 Å². The van der Waals surface area contributed by atoms with E-state index < -0.39 is 0 Å². The van der Waals surface area contributed by atoms with E-state index in [2.05, 4.69) is 9.55 Å². The minimum atomic E-state index is -0.354. The highest BCUT2D eigenvalue weighted by molar-refractivity contribution is 6.12. The van der Waals surface area contributed by atoms with Gasteiger partial charge in [-0.3, -0.25) is 19.9 Å². The highest BCUT2D eigenvalue weighted by Gasteiger charge is 2.18. The van der Waals surface area contributed by atoms with E-state index in [-0.39, 0.29) is 10.6 Å². The molecule has 0 fully saturated rings. The van der Waals surface area contributed by atoms with Crippen LogP contribution >= 0.6 is 0 Å². The number of pyridine rings is 1. The first kappa shape index (κ1) is 21.4. The van der Waals surface area contributed by atoms with E-state index in [1.807, 2.05) is 66.7 Å². The molecule has 0 spiro atoms. The highest BCUT2D eigenvalue weighted by atomic mass is 16.6. The average molecular weight is 470 g/mol. The van der Waals surface area contributed by atoms with Gasteiger partial charge in [0.05, 0.1) is 27.2 Å². The molecule has 6 heteroatoms. The molecular weight excluding hydrogens is 450 g/mol. The minimum absolute atomic E-state index is 0.0634. The number of hydrogen-bond donors (Lipinski definition) is 0. The van der Waals surface area contributed by atoms with Crippen LogP contribution in [0, 0.1) is 10.1 Å². The molecule has 2 heterocycles. The Morgan fingerprint density at radius 1 is 0.750 bits per heavy atom. The van der Waals surface area contributed by atoms with E-state index in [4.69, 9.17) is 0 Å². The van der Waals surface area contributed by atoms with E-state index in [1.165, 1.54) is 6.07 Å². The van der Waals surface area contributed by atoms with Gasteiger partial charge < -0.3 is 4.57 Å². The molecule has 0 bridgehead atoms. The fourth-order valence-corrected chi connectivity index (χ4v) is 4.82. The van der Waals surface area contributed by atoms with E-state index in [0.717, 1.165) is 44.9 Å². The van der Waals surface area contributed by atoms with Gasteiger partial charge in [-0.15, -0.1) is 0 Å². The maximum absolute atomic E-state index is 11.7. The molecule has 2 aromatic heterocycles. The van der Waals surface area contributed by atoms with E-state index >= 15 is 0 Å². The van der Waals surface area contributed by atoms with Crippen LogP contribution < -0.4 is 0 Å². The van der Waals surface area contributed by atoms with Crippen LogP contribution in [0.3, 0.4) is 0 Å². The minimum Gasteiger partial charge on any atom is -0.309 e. The van der Waals surface area contributed by atoms with E-state index in [0.29, 0.717) is 16.8 Å². The van der Waals surface area contributed by atoms with Gasteiger partial charge in [0.15, 0.2) is 6.29 Å². The Kier molecular flexibility index (Phi) is 5.12. The van der Waals surface area contributed by atoms with Gasteiger partial charge in [0.2, 0.25) is 0 Å². The molecule has 6 rings (SSSR count). The summed E-state index contributed by atoms with van der Waals surface area (Å²) in [5, 5.41) is 13.6. The Morgan fingerprint density at radius 3 is 2.14 bits per heavy atom. The third-order valence-corrected chi connectivity index (χ3v) is 6.43. The molecule has 0 aliphatic heterocycles. The molecule has 0 saturated heterocycles. The van der Waals surface area contributed by atoms with Crippen LogP contribution in [0.5, 0.6) is 0 Å². The van der Waals surface area contributed by atoms with Gasteiger partial charge in [0.1, 0.15) is 0 Å². The van der Waals surface area contributed by atoms with Crippen LogP contribution in [-0.2, 0) is 0 Å². The molecule has 0 aliphatic rings. The summed E-state index contributed by atoms with van der Waals surface area (Å²) >= 11 is 0. The lowest BCUT2D eigenvalue weighted by molar-refractivity contribution is -0.384. The Bertz CT molecular complexity index is 1790. The zero-order chi connectivity index (χ0) is 24.6. The predicted molar refractivity (Wildman–Crippen MR) is 141 cm³/mol. The molecule has 0 amide bonds. The summed E-state index contributed by atoms with van der Waals surface area (Å²) in [7, 11) is 0. The number of fused-ring (bicyclic) bond motifs is 3. The van der Waals surface area contributed by atoms with Crippen LogP contribution in [0.2, 0.25) is 0 Å². The molecule has 6 nitrogen and oxygen atoms in total. The molecule has 0 N–H and O–H groups in total. The second-order valence-corrected chi connectivity index (χ2v) is 8.47. The van der Waals surface area contributed by atoms with Crippen molar-refractivity contribution >= 4 is 33.8 Å². The van der Waals surface area contributed by atoms with Gasteiger partial charge in [0, 0.05) is 39.8 Å². The average Bonchev–Trinajstić information content (AvgIpc) is 3.26. The second-order valence-electron chi connectivity index (χ2n) is 8.47. The summed E-state index contributed by atoms with van der Waals surface area (Å²) in [6.07, 6.45) is 2.48. The number of nitro benzene ring substituents is 1. The van der Waals surface area contributed by atoms with Crippen LogP contribution in [0.25, 0.3) is 49.9 Å². The molecule has 36 heavy (non-hydrogen) atoms. The van der Waals surface area contributed by atoms with Crippen molar-refractivity contribution < 1.29 is 9.72 Å². The highest BCUT2D eigenvalue weighted by Crippen LogP contribution is 2.38. The second kappa shape index (κ2) is 8.60. The van der Waals surface area contributed by atoms with Gasteiger partial charge in [-0.2, -0.15) is 0 Å². The summed E-state index contributed by atoms with van der Waals surface area (Å²) in [6, 6.07) is 32.3. The number of hydrogen-bond acceptors (Lipinski definition) is 4. The maximum atomic E-state index is 11.7. The van der Waals surface area contributed by atoms with Gasteiger partial charge >= 0.3 is 0 Å². The van der Waals surface area contributed by atoms with Gasteiger partial charge in [-0.25, -0.2) is 0 Å². The monoisotopic (exact) mass is 469 g/mol. The maximum Gasteiger partial charge on any atom is 0.277 e. The topological polar surface area (TPSA) is 78.0 Å². The molecule has 4 aromatic carbocycles. The molecule has 0 unspecified atom stereocenters. The van der Waals surface area contributed by atoms with E-state index in [1.54, 1.807) is 36.5 Å². The van der Waals surface area contributed by atoms with Crippen molar-refractivity contribution in [2.75, 3.05) is 0 Å².